The highest BCUT2D eigenvalue weighted by molar-refractivity contribution is 9.10. The van der Waals surface area contributed by atoms with E-state index >= 15 is 0 Å². The van der Waals surface area contributed by atoms with E-state index in [2.05, 4.69) is 26.0 Å². The summed E-state index contributed by atoms with van der Waals surface area (Å²) in [5, 5.41) is 6.26. The van der Waals surface area contributed by atoms with Gasteiger partial charge >= 0.3 is 0 Å². The number of carbonyl (C=O) groups excluding carboxylic acids is 1. The molecule has 1 amide bonds. The molecule has 0 saturated heterocycles. The van der Waals surface area contributed by atoms with E-state index in [4.69, 9.17) is 16.3 Å². The van der Waals surface area contributed by atoms with Crippen LogP contribution in [0.1, 0.15) is 22.2 Å². The van der Waals surface area contributed by atoms with Crippen molar-refractivity contribution in [3.8, 4) is 5.75 Å². The smallest absolute Gasteiger partial charge is 0.290 e. The van der Waals surface area contributed by atoms with Gasteiger partial charge in [0.05, 0.1) is 32.3 Å². The number of amides is 1. The molecule has 2 aromatic carbocycles. The lowest BCUT2D eigenvalue weighted by atomic mass is 10.2. The van der Waals surface area contributed by atoms with Crippen molar-refractivity contribution in [2.45, 2.75) is 6.92 Å². The molecule has 4 rings (SSSR count). The Labute approximate surface area is 194 Å². The minimum atomic E-state index is -0.285. The molecular formula is C21H15BrClN3O2S2. The molecule has 2 aromatic heterocycles. The Morgan fingerprint density at radius 2 is 2.00 bits per heavy atom. The van der Waals surface area contributed by atoms with Gasteiger partial charge in [-0.05, 0) is 67.1 Å². The number of hydrazone groups is 1. The number of hydrogen-bond donors (Lipinski definition) is 0. The van der Waals surface area contributed by atoms with Crippen LogP contribution >= 0.6 is 50.2 Å². The average molecular weight is 521 g/mol. The van der Waals surface area contributed by atoms with Gasteiger partial charge in [0.15, 0.2) is 0 Å². The van der Waals surface area contributed by atoms with Crippen molar-refractivity contribution < 1.29 is 9.53 Å². The first kappa shape index (κ1) is 21.0. The second-order valence-electron chi connectivity index (χ2n) is 6.08. The first-order chi connectivity index (χ1) is 14.5. The minimum absolute atomic E-state index is 0.285. The molecule has 0 N–H and O–H groups in total. The van der Waals surface area contributed by atoms with E-state index < -0.39 is 0 Å². The van der Waals surface area contributed by atoms with Crippen LogP contribution in [0.2, 0.25) is 4.34 Å². The average Bonchev–Trinajstić information content (AvgIpc) is 3.35. The molecule has 2 heterocycles. The normalized spacial score (nSPS) is 11.3. The van der Waals surface area contributed by atoms with E-state index in [1.807, 2.05) is 49.4 Å². The van der Waals surface area contributed by atoms with Crippen LogP contribution in [0.5, 0.6) is 5.75 Å². The van der Waals surface area contributed by atoms with Crippen LogP contribution in [0.15, 0.2) is 64.2 Å². The number of hydrogen-bond acceptors (Lipinski definition) is 6. The van der Waals surface area contributed by atoms with Crippen molar-refractivity contribution in [1.29, 1.82) is 0 Å². The molecule has 0 saturated carbocycles. The number of rotatable bonds is 6. The number of nitrogens with zero attached hydrogens (tertiary/aromatic N) is 3. The van der Waals surface area contributed by atoms with Crippen molar-refractivity contribution in [1.82, 2.24) is 4.98 Å². The first-order valence-corrected chi connectivity index (χ1v) is 11.8. The number of benzene rings is 2. The molecule has 0 unspecified atom stereocenters. The molecule has 5 nitrogen and oxygen atoms in total. The van der Waals surface area contributed by atoms with Gasteiger partial charge in [0.1, 0.15) is 5.75 Å². The van der Waals surface area contributed by atoms with E-state index in [1.54, 1.807) is 18.3 Å². The lowest BCUT2D eigenvalue weighted by Crippen LogP contribution is -2.24. The molecule has 0 spiro atoms. The summed E-state index contributed by atoms with van der Waals surface area (Å²) in [6, 6.07) is 16.7. The summed E-state index contributed by atoms with van der Waals surface area (Å²) in [7, 11) is 0. The molecule has 0 radical (unpaired) electrons. The monoisotopic (exact) mass is 519 g/mol. The van der Waals surface area contributed by atoms with Crippen LogP contribution in [0, 0.1) is 0 Å². The zero-order chi connectivity index (χ0) is 21.1. The molecule has 0 fully saturated rings. The number of thiazole rings is 1. The Hall–Kier alpha value is -2.26. The largest absolute Gasteiger partial charge is 0.494 e. The van der Waals surface area contributed by atoms with Crippen LogP contribution in [-0.4, -0.2) is 23.7 Å². The van der Waals surface area contributed by atoms with E-state index in [9.17, 15) is 4.79 Å². The van der Waals surface area contributed by atoms with Gasteiger partial charge in [-0.2, -0.15) is 10.1 Å². The van der Waals surface area contributed by atoms with Gasteiger partial charge in [-0.15, -0.1) is 11.3 Å². The fourth-order valence-corrected chi connectivity index (χ4v) is 5.08. The summed E-state index contributed by atoms with van der Waals surface area (Å²) in [5.74, 6) is 0.500. The fourth-order valence-electron chi connectivity index (χ4n) is 2.64. The molecule has 30 heavy (non-hydrogen) atoms. The second kappa shape index (κ2) is 9.26. The molecule has 0 aliphatic rings. The SMILES string of the molecule is CCOc1ccc(/C=N/N(C(=O)c2ccc(Cl)s2)c2nc3ccc(Br)cc3s2)cc1. The second-order valence-corrected chi connectivity index (χ2v) is 9.72. The molecular weight excluding hydrogens is 506 g/mol. The topological polar surface area (TPSA) is 54.8 Å². The zero-order valence-electron chi connectivity index (χ0n) is 15.7. The highest BCUT2D eigenvalue weighted by atomic mass is 79.9. The van der Waals surface area contributed by atoms with Gasteiger partial charge in [-0.1, -0.05) is 38.9 Å². The molecule has 0 bridgehead atoms. The summed E-state index contributed by atoms with van der Waals surface area (Å²) in [4.78, 5) is 18.3. The van der Waals surface area contributed by atoms with Gasteiger partial charge in [-0.25, -0.2) is 4.98 Å². The van der Waals surface area contributed by atoms with E-state index in [-0.39, 0.29) is 5.91 Å². The van der Waals surface area contributed by atoms with Gasteiger partial charge in [0.2, 0.25) is 5.13 Å². The number of aromatic nitrogens is 1. The third kappa shape index (κ3) is 4.73. The van der Waals surface area contributed by atoms with E-state index in [0.29, 0.717) is 21.0 Å². The summed E-state index contributed by atoms with van der Waals surface area (Å²) in [5.41, 5.74) is 1.64. The summed E-state index contributed by atoms with van der Waals surface area (Å²) in [6.45, 7) is 2.54. The van der Waals surface area contributed by atoms with Crippen LogP contribution in [-0.2, 0) is 0 Å². The van der Waals surface area contributed by atoms with E-state index in [1.165, 1.54) is 27.7 Å². The van der Waals surface area contributed by atoms with Crippen LogP contribution in [0.3, 0.4) is 0 Å². The third-order valence-electron chi connectivity index (χ3n) is 4.01. The van der Waals surface area contributed by atoms with Crippen molar-refractivity contribution in [3.05, 3.63) is 73.8 Å². The van der Waals surface area contributed by atoms with Crippen LogP contribution in [0.4, 0.5) is 5.13 Å². The maximum absolute atomic E-state index is 13.2. The number of fused-ring (bicyclic) bond motifs is 1. The van der Waals surface area contributed by atoms with Gasteiger partial charge in [0, 0.05) is 4.47 Å². The number of halogens is 2. The Morgan fingerprint density at radius 1 is 1.20 bits per heavy atom. The Morgan fingerprint density at radius 3 is 2.70 bits per heavy atom. The number of carbonyl (C=O) groups is 1. The Balaban J connectivity index is 1.69. The number of anilines is 1. The molecule has 152 valence electrons. The molecule has 0 atom stereocenters. The maximum Gasteiger partial charge on any atom is 0.290 e. The fraction of sp³-hybridized carbons (Fsp3) is 0.0952. The number of thiophene rings is 1. The van der Waals surface area contributed by atoms with Crippen molar-refractivity contribution >= 4 is 77.7 Å². The molecule has 9 heteroatoms. The van der Waals surface area contributed by atoms with Crippen LogP contribution < -0.4 is 9.75 Å². The Bertz CT molecular complexity index is 1220. The predicted octanol–water partition coefficient (Wildman–Crippen LogP) is 6.85. The minimum Gasteiger partial charge on any atom is -0.494 e. The lowest BCUT2D eigenvalue weighted by molar-refractivity contribution is 0.0991. The summed E-state index contributed by atoms with van der Waals surface area (Å²) >= 11 is 12.1. The molecule has 4 aromatic rings. The van der Waals surface area contributed by atoms with Gasteiger partial charge < -0.3 is 4.74 Å². The summed E-state index contributed by atoms with van der Waals surface area (Å²) in [6.07, 6.45) is 1.63. The van der Waals surface area contributed by atoms with Crippen molar-refractivity contribution in [3.63, 3.8) is 0 Å². The van der Waals surface area contributed by atoms with Gasteiger partial charge in [-0.3, -0.25) is 4.79 Å². The molecule has 0 aliphatic heterocycles. The maximum atomic E-state index is 13.2. The first-order valence-electron chi connectivity index (χ1n) is 8.96. The zero-order valence-corrected chi connectivity index (χ0v) is 19.7. The number of ether oxygens (including phenoxy) is 1. The standard InChI is InChI=1S/C21H15BrClN3O2S2/c1-2-28-15-6-3-13(4-7-15)12-24-26(20(27)17-9-10-19(23)29-17)21-25-16-8-5-14(22)11-18(16)30-21/h3-12H,2H2,1H3/b24-12+. The highest BCUT2D eigenvalue weighted by Gasteiger charge is 2.22. The quantitative estimate of drug-likeness (QED) is 0.206. The van der Waals surface area contributed by atoms with Crippen molar-refractivity contribution in [2.75, 3.05) is 11.6 Å². The van der Waals surface area contributed by atoms with Gasteiger partial charge in [0.25, 0.3) is 5.91 Å². The van der Waals surface area contributed by atoms with Crippen molar-refractivity contribution in [2.24, 2.45) is 5.10 Å². The Kier molecular flexibility index (Phi) is 6.48. The lowest BCUT2D eigenvalue weighted by Gasteiger charge is -2.12. The third-order valence-corrected chi connectivity index (χ3v) is 6.72. The molecule has 0 aliphatic carbocycles. The summed E-state index contributed by atoms with van der Waals surface area (Å²) < 4.78 is 7.91. The van der Waals surface area contributed by atoms with E-state index in [0.717, 1.165) is 26.0 Å². The predicted molar refractivity (Wildman–Crippen MR) is 129 cm³/mol. The van der Waals surface area contributed by atoms with Crippen LogP contribution in [0.25, 0.3) is 10.2 Å². The highest BCUT2D eigenvalue weighted by Crippen LogP contribution is 2.33.